The molecule has 1 aromatic carbocycles. The first-order chi connectivity index (χ1) is 8.56. The molecule has 0 aromatic heterocycles. The van der Waals surface area contributed by atoms with Crippen LogP contribution in [-0.2, 0) is 16.1 Å². The zero-order valence-corrected chi connectivity index (χ0v) is 10.9. The van der Waals surface area contributed by atoms with Crippen LogP contribution < -0.4 is 15.2 Å². The molecule has 5 nitrogen and oxygen atoms in total. The third kappa shape index (κ3) is 4.25. The lowest BCUT2D eigenvalue weighted by molar-refractivity contribution is -0.149. The number of methoxy groups -OCH3 is 1. The number of esters is 1. The third-order valence-electron chi connectivity index (χ3n) is 2.18. The largest absolute Gasteiger partial charge is 0.493 e. The lowest BCUT2D eigenvalue weighted by atomic mass is 10.2. The zero-order valence-electron chi connectivity index (χ0n) is 10.9. The van der Waals surface area contributed by atoms with E-state index >= 15 is 0 Å². The number of hydrogen-bond acceptors (Lipinski definition) is 5. The molecule has 5 heteroatoms. The molecule has 0 unspecified atom stereocenters. The van der Waals surface area contributed by atoms with Crippen LogP contribution in [0, 0.1) is 0 Å². The van der Waals surface area contributed by atoms with E-state index in [1.54, 1.807) is 26.0 Å². The van der Waals surface area contributed by atoms with Gasteiger partial charge in [-0.2, -0.15) is 0 Å². The summed E-state index contributed by atoms with van der Waals surface area (Å²) in [6, 6.07) is 5.33. The summed E-state index contributed by atoms with van der Waals surface area (Å²) in [5.74, 6) is 0.639. The fraction of sp³-hybridized carbons (Fsp3) is 0.462. The summed E-state index contributed by atoms with van der Waals surface area (Å²) < 4.78 is 15.5. The standard InChI is InChI=1S/C13H19NO4/c1-9(2)18-13(15)8-17-11-5-4-10(7-14)6-12(11)16-3/h4-6,9H,7-8,14H2,1-3H3. The molecule has 0 atom stereocenters. The molecule has 0 amide bonds. The Hall–Kier alpha value is -1.75. The van der Waals surface area contributed by atoms with Crippen LogP contribution in [-0.4, -0.2) is 25.8 Å². The van der Waals surface area contributed by atoms with Crippen LogP contribution in [0.15, 0.2) is 18.2 Å². The van der Waals surface area contributed by atoms with Crippen LogP contribution >= 0.6 is 0 Å². The van der Waals surface area contributed by atoms with Gasteiger partial charge in [-0.25, -0.2) is 4.79 Å². The SMILES string of the molecule is COc1cc(CN)ccc1OCC(=O)OC(C)C. The van der Waals surface area contributed by atoms with Crippen LogP contribution in [0.4, 0.5) is 0 Å². The highest BCUT2D eigenvalue weighted by Crippen LogP contribution is 2.27. The maximum atomic E-state index is 11.3. The minimum absolute atomic E-state index is 0.142. The van der Waals surface area contributed by atoms with Crippen molar-refractivity contribution in [3.05, 3.63) is 23.8 Å². The number of benzene rings is 1. The van der Waals surface area contributed by atoms with Gasteiger partial charge in [-0.05, 0) is 31.5 Å². The Morgan fingerprint density at radius 3 is 2.61 bits per heavy atom. The first kappa shape index (κ1) is 14.3. The maximum absolute atomic E-state index is 11.3. The summed E-state index contributed by atoms with van der Waals surface area (Å²) in [6.07, 6.45) is -0.150. The van der Waals surface area contributed by atoms with Gasteiger partial charge >= 0.3 is 5.97 Å². The van der Waals surface area contributed by atoms with E-state index in [1.807, 2.05) is 6.07 Å². The Morgan fingerprint density at radius 2 is 2.06 bits per heavy atom. The van der Waals surface area contributed by atoms with Gasteiger partial charge < -0.3 is 19.9 Å². The first-order valence-corrected chi connectivity index (χ1v) is 5.76. The normalized spacial score (nSPS) is 10.3. The quantitative estimate of drug-likeness (QED) is 0.778. The molecule has 0 aliphatic carbocycles. The summed E-state index contributed by atoms with van der Waals surface area (Å²) in [4.78, 5) is 11.3. The predicted octanol–water partition coefficient (Wildman–Crippen LogP) is 1.48. The van der Waals surface area contributed by atoms with E-state index in [9.17, 15) is 4.79 Å². The minimum Gasteiger partial charge on any atom is -0.493 e. The van der Waals surface area contributed by atoms with Gasteiger partial charge in [0.15, 0.2) is 18.1 Å². The molecule has 0 fully saturated rings. The molecule has 18 heavy (non-hydrogen) atoms. The lowest BCUT2D eigenvalue weighted by Crippen LogP contribution is -2.18. The van der Waals surface area contributed by atoms with Crippen molar-refractivity contribution in [1.82, 2.24) is 0 Å². The van der Waals surface area contributed by atoms with E-state index in [0.717, 1.165) is 5.56 Å². The fourth-order valence-electron chi connectivity index (χ4n) is 1.39. The Balaban J connectivity index is 2.64. The topological polar surface area (TPSA) is 70.8 Å². The number of nitrogens with two attached hydrogens (primary N) is 1. The van der Waals surface area contributed by atoms with Gasteiger partial charge in [-0.3, -0.25) is 0 Å². The van der Waals surface area contributed by atoms with E-state index in [4.69, 9.17) is 19.9 Å². The molecule has 1 rings (SSSR count). The molecule has 2 N–H and O–H groups in total. The Bertz CT molecular complexity index is 404. The molecule has 0 spiro atoms. The van der Waals surface area contributed by atoms with E-state index in [-0.39, 0.29) is 12.7 Å². The van der Waals surface area contributed by atoms with Crippen LogP contribution in [0.1, 0.15) is 19.4 Å². The molecule has 0 bridgehead atoms. The number of ether oxygens (including phenoxy) is 3. The number of rotatable bonds is 6. The molecule has 1 aromatic rings. The summed E-state index contributed by atoms with van der Waals surface area (Å²) in [7, 11) is 1.54. The number of carbonyl (C=O) groups is 1. The average Bonchev–Trinajstić information content (AvgIpc) is 2.35. The van der Waals surface area contributed by atoms with Crippen molar-refractivity contribution in [2.24, 2.45) is 5.73 Å². The second-order valence-electron chi connectivity index (χ2n) is 4.02. The maximum Gasteiger partial charge on any atom is 0.344 e. The Kier molecular flexibility index (Phi) is 5.45. The predicted molar refractivity (Wildman–Crippen MR) is 67.6 cm³/mol. The Morgan fingerprint density at radius 1 is 1.33 bits per heavy atom. The van der Waals surface area contributed by atoms with Crippen LogP contribution in [0.25, 0.3) is 0 Å². The Labute approximate surface area is 107 Å². The smallest absolute Gasteiger partial charge is 0.344 e. The van der Waals surface area contributed by atoms with Crippen molar-refractivity contribution in [2.45, 2.75) is 26.5 Å². The van der Waals surface area contributed by atoms with Gasteiger partial charge in [-0.1, -0.05) is 6.07 Å². The van der Waals surface area contributed by atoms with Gasteiger partial charge in [0.25, 0.3) is 0 Å². The fourth-order valence-corrected chi connectivity index (χ4v) is 1.39. The number of carbonyl (C=O) groups excluding carboxylic acids is 1. The lowest BCUT2D eigenvalue weighted by Gasteiger charge is -2.12. The molecular formula is C13H19NO4. The minimum atomic E-state index is -0.407. The first-order valence-electron chi connectivity index (χ1n) is 5.76. The second-order valence-corrected chi connectivity index (χ2v) is 4.02. The third-order valence-corrected chi connectivity index (χ3v) is 2.18. The number of hydrogen-bond donors (Lipinski definition) is 1. The van der Waals surface area contributed by atoms with Gasteiger partial charge in [0.2, 0.25) is 0 Å². The monoisotopic (exact) mass is 253 g/mol. The van der Waals surface area contributed by atoms with Crippen LogP contribution in [0.3, 0.4) is 0 Å². The summed E-state index contributed by atoms with van der Waals surface area (Å²) in [5.41, 5.74) is 6.46. The van der Waals surface area contributed by atoms with Crippen LogP contribution in [0.5, 0.6) is 11.5 Å². The van der Waals surface area contributed by atoms with E-state index in [2.05, 4.69) is 0 Å². The van der Waals surface area contributed by atoms with Gasteiger partial charge in [-0.15, -0.1) is 0 Å². The highest BCUT2D eigenvalue weighted by Gasteiger charge is 2.10. The van der Waals surface area contributed by atoms with Crippen molar-refractivity contribution in [3.63, 3.8) is 0 Å². The summed E-state index contributed by atoms with van der Waals surface area (Å²) in [6.45, 7) is 3.85. The molecular weight excluding hydrogens is 234 g/mol. The van der Waals surface area contributed by atoms with Gasteiger partial charge in [0, 0.05) is 6.54 Å². The molecule has 0 radical (unpaired) electrons. The molecule has 100 valence electrons. The van der Waals surface area contributed by atoms with Crippen LogP contribution in [0.2, 0.25) is 0 Å². The highest BCUT2D eigenvalue weighted by molar-refractivity contribution is 5.71. The molecule has 0 saturated carbocycles. The second kappa shape index (κ2) is 6.86. The summed E-state index contributed by atoms with van der Waals surface area (Å²) >= 11 is 0. The van der Waals surface area contributed by atoms with Crippen molar-refractivity contribution in [3.8, 4) is 11.5 Å². The van der Waals surface area contributed by atoms with E-state index in [1.165, 1.54) is 7.11 Å². The van der Waals surface area contributed by atoms with Crippen molar-refractivity contribution < 1.29 is 19.0 Å². The summed E-state index contributed by atoms with van der Waals surface area (Å²) in [5, 5.41) is 0. The molecule has 0 aliphatic rings. The van der Waals surface area contributed by atoms with E-state index < -0.39 is 5.97 Å². The molecule has 0 saturated heterocycles. The van der Waals surface area contributed by atoms with Crippen molar-refractivity contribution in [2.75, 3.05) is 13.7 Å². The molecule has 0 aliphatic heterocycles. The average molecular weight is 253 g/mol. The highest BCUT2D eigenvalue weighted by atomic mass is 16.6. The van der Waals surface area contributed by atoms with Crippen molar-refractivity contribution in [1.29, 1.82) is 0 Å². The van der Waals surface area contributed by atoms with Gasteiger partial charge in [0.05, 0.1) is 13.2 Å². The van der Waals surface area contributed by atoms with Gasteiger partial charge in [0.1, 0.15) is 0 Å². The molecule has 0 heterocycles. The van der Waals surface area contributed by atoms with Crippen molar-refractivity contribution >= 4 is 5.97 Å². The zero-order chi connectivity index (χ0) is 13.5. The van der Waals surface area contributed by atoms with E-state index in [0.29, 0.717) is 18.0 Å².